The van der Waals surface area contributed by atoms with Crippen molar-refractivity contribution >= 4 is 27.5 Å². The number of anilines is 1. The van der Waals surface area contributed by atoms with Crippen LogP contribution >= 0.6 is 0 Å². The van der Waals surface area contributed by atoms with Crippen molar-refractivity contribution in [1.29, 1.82) is 0 Å². The van der Waals surface area contributed by atoms with Gasteiger partial charge in [-0.3, -0.25) is 9.59 Å². The van der Waals surface area contributed by atoms with Gasteiger partial charge in [0.2, 0.25) is 10.0 Å². The number of halogens is 3. The Hall–Kier alpha value is -2.92. The van der Waals surface area contributed by atoms with E-state index in [4.69, 9.17) is 0 Å². The van der Waals surface area contributed by atoms with Crippen LogP contribution in [0.4, 0.5) is 18.9 Å². The molecule has 1 heterocycles. The van der Waals surface area contributed by atoms with Crippen molar-refractivity contribution in [3.8, 4) is 0 Å². The Labute approximate surface area is 183 Å². The van der Waals surface area contributed by atoms with Gasteiger partial charge in [0.25, 0.3) is 0 Å². The second-order valence-corrected chi connectivity index (χ2v) is 9.23. The van der Waals surface area contributed by atoms with E-state index < -0.39 is 33.6 Å². The van der Waals surface area contributed by atoms with Crippen LogP contribution in [0.3, 0.4) is 0 Å². The van der Waals surface area contributed by atoms with Gasteiger partial charge in [-0.15, -0.1) is 0 Å². The topological polar surface area (TPSA) is 95.6 Å². The van der Waals surface area contributed by atoms with Crippen LogP contribution in [-0.4, -0.2) is 44.2 Å². The van der Waals surface area contributed by atoms with E-state index in [2.05, 4.69) is 10.6 Å². The molecule has 3 rings (SSSR count). The van der Waals surface area contributed by atoms with E-state index in [1.165, 1.54) is 22.5 Å². The smallest absolute Gasteiger partial charge is 0.347 e. The van der Waals surface area contributed by atoms with E-state index >= 15 is 0 Å². The molecule has 0 unspecified atom stereocenters. The number of carbonyl (C=O) groups is 2. The maximum absolute atomic E-state index is 12.7. The van der Waals surface area contributed by atoms with E-state index in [0.717, 1.165) is 36.6 Å². The zero-order chi connectivity index (χ0) is 23.4. The highest BCUT2D eigenvalue weighted by Crippen LogP contribution is 2.30. The summed E-state index contributed by atoms with van der Waals surface area (Å²) in [6.45, 7) is 1.12. The number of carbonyl (C=O) groups excluding carboxylic acids is 2. The highest BCUT2D eigenvalue weighted by molar-refractivity contribution is 7.89. The number of hydrogen-bond donors (Lipinski definition) is 2. The molecule has 1 saturated heterocycles. The molecule has 11 heteroatoms. The van der Waals surface area contributed by atoms with Gasteiger partial charge in [-0.25, -0.2) is 8.42 Å². The Morgan fingerprint density at radius 3 is 2.25 bits per heavy atom. The van der Waals surface area contributed by atoms with Crippen LogP contribution in [0.2, 0.25) is 0 Å². The Morgan fingerprint density at radius 1 is 0.969 bits per heavy atom. The first-order valence-corrected chi connectivity index (χ1v) is 11.4. The third-order valence-electron chi connectivity index (χ3n) is 4.98. The number of amides is 2. The second-order valence-electron chi connectivity index (χ2n) is 7.29. The zero-order valence-electron chi connectivity index (χ0n) is 17.0. The first-order chi connectivity index (χ1) is 15.1. The summed E-state index contributed by atoms with van der Waals surface area (Å²) < 4.78 is 64.7. The summed E-state index contributed by atoms with van der Waals surface area (Å²) in [4.78, 5) is 24.0. The summed E-state index contributed by atoms with van der Waals surface area (Å²) in [5, 5.41) is 4.52. The number of alkyl halides is 3. The molecule has 1 fully saturated rings. The van der Waals surface area contributed by atoms with Crippen LogP contribution in [0, 0.1) is 0 Å². The second kappa shape index (κ2) is 9.70. The van der Waals surface area contributed by atoms with Crippen molar-refractivity contribution in [3.05, 3.63) is 59.7 Å². The van der Waals surface area contributed by atoms with E-state index in [9.17, 15) is 31.2 Å². The Kier molecular flexibility index (Phi) is 7.19. The Morgan fingerprint density at radius 2 is 1.62 bits per heavy atom. The number of rotatable bonds is 6. The molecule has 0 radical (unpaired) electrons. The molecular formula is C21H22F3N3O4S. The van der Waals surface area contributed by atoms with Crippen LogP contribution in [0.15, 0.2) is 53.4 Å². The van der Waals surface area contributed by atoms with Crippen LogP contribution < -0.4 is 10.6 Å². The minimum atomic E-state index is -4.56. The van der Waals surface area contributed by atoms with Gasteiger partial charge < -0.3 is 10.6 Å². The van der Waals surface area contributed by atoms with Crippen LogP contribution in [0.25, 0.3) is 0 Å². The van der Waals surface area contributed by atoms with Crippen molar-refractivity contribution in [2.24, 2.45) is 0 Å². The van der Waals surface area contributed by atoms with E-state index in [1.54, 1.807) is 12.1 Å². The molecule has 2 N–H and O–H groups in total. The predicted octanol–water partition coefficient (Wildman–Crippen LogP) is 2.79. The molecule has 1 aliphatic rings. The lowest BCUT2D eigenvalue weighted by atomic mass is 10.1. The maximum Gasteiger partial charge on any atom is 0.416 e. The van der Waals surface area contributed by atoms with E-state index in [1.807, 2.05) is 0 Å². The highest BCUT2D eigenvalue weighted by Gasteiger charge is 2.30. The first-order valence-electron chi connectivity index (χ1n) is 9.93. The van der Waals surface area contributed by atoms with Crippen molar-refractivity contribution in [2.75, 3.05) is 25.0 Å². The third-order valence-corrected chi connectivity index (χ3v) is 6.89. The monoisotopic (exact) mass is 469 g/mol. The van der Waals surface area contributed by atoms with E-state index in [0.29, 0.717) is 19.5 Å². The summed E-state index contributed by atoms with van der Waals surface area (Å²) in [5.74, 6) is -2.08. The van der Waals surface area contributed by atoms with Gasteiger partial charge >= 0.3 is 18.0 Å². The van der Waals surface area contributed by atoms with Gasteiger partial charge in [0, 0.05) is 25.3 Å². The summed E-state index contributed by atoms with van der Waals surface area (Å²) in [6.07, 6.45) is -2.53. The number of nitrogens with one attached hydrogen (secondary N) is 2. The van der Waals surface area contributed by atoms with Gasteiger partial charge in [0.15, 0.2) is 0 Å². The minimum Gasteiger partial charge on any atom is -0.347 e. The molecular weight excluding hydrogens is 447 g/mol. The summed E-state index contributed by atoms with van der Waals surface area (Å²) in [5.41, 5.74) is -0.329. The van der Waals surface area contributed by atoms with Gasteiger partial charge in [0.05, 0.1) is 10.5 Å². The molecule has 0 aliphatic carbocycles. The fourth-order valence-corrected chi connectivity index (χ4v) is 4.78. The summed E-state index contributed by atoms with van der Waals surface area (Å²) in [6, 6.07) is 10.3. The van der Waals surface area contributed by atoms with Crippen LogP contribution in [-0.2, 0) is 32.2 Å². The zero-order valence-corrected chi connectivity index (χ0v) is 17.8. The molecule has 0 spiro atoms. The Bertz CT molecular complexity index is 1080. The fourth-order valence-electron chi connectivity index (χ4n) is 3.27. The molecule has 32 heavy (non-hydrogen) atoms. The highest BCUT2D eigenvalue weighted by atomic mass is 32.2. The maximum atomic E-state index is 12.7. The number of benzene rings is 2. The SMILES string of the molecule is O=C(NCCc1ccc(S(=O)(=O)N2CCCC2)cc1)C(=O)Nc1cccc(C(F)(F)F)c1. The number of sulfonamides is 1. The molecule has 7 nitrogen and oxygen atoms in total. The molecule has 2 aromatic rings. The van der Waals surface area contributed by atoms with Crippen molar-refractivity contribution in [2.45, 2.75) is 30.3 Å². The molecule has 1 aliphatic heterocycles. The first kappa shape index (κ1) is 23.7. The third kappa shape index (κ3) is 5.86. The van der Waals surface area contributed by atoms with Gasteiger partial charge in [0.1, 0.15) is 0 Å². The average molecular weight is 469 g/mol. The summed E-state index contributed by atoms with van der Waals surface area (Å²) >= 11 is 0. The lowest BCUT2D eigenvalue weighted by Crippen LogP contribution is -2.36. The average Bonchev–Trinajstić information content (AvgIpc) is 3.29. The molecule has 0 bridgehead atoms. The van der Waals surface area contributed by atoms with Crippen molar-refractivity contribution in [1.82, 2.24) is 9.62 Å². The summed E-state index contributed by atoms with van der Waals surface area (Å²) in [7, 11) is -3.50. The largest absolute Gasteiger partial charge is 0.416 e. The van der Waals surface area contributed by atoms with Crippen LogP contribution in [0.5, 0.6) is 0 Å². The number of nitrogens with zero attached hydrogens (tertiary/aromatic N) is 1. The molecule has 0 atom stereocenters. The van der Waals surface area contributed by atoms with Crippen molar-refractivity contribution in [3.63, 3.8) is 0 Å². The molecule has 172 valence electrons. The molecule has 0 aromatic heterocycles. The molecule has 2 amide bonds. The molecule has 0 saturated carbocycles. The van der Waals surface area contributed by atoms with Gasteiger partial charge in [-0.1, -0.05) is 18.2 Å². The van der Waals surface area contributed by atoms with Gasteiger partial charge in [-0.05, 0) is 55.2 Å². The fraction of sp³-hybridized carbons (Fsp3) is 0.333. The normalized spacial score (nSPS) is 14.8. The van der Waals surface area contributed by atoms with E-state index in [-0.39, 0.29) is 17.1 Å². The lowest BCUT2D eigenvalue weighted by molar-refractivity contribution is -0.137. The van der Waals surface area contributed by atoms with Crippen LogP contribution in [0.1, 0.15) is 24.0 Å². The number of hydrogen-bond acceptors (Lipinski definition) is 4. The van der Waals surface area contributed by atoms with Crippen molar-refractivity contribution < 1.29 is 31.2 Å². The Balaban J connectivity index is 1.50. The standard InChI is InChI=1S/C21H22F3N3O4S/c22-21(23,24)16-4-3-5-17(14-16)26-20(29)19(28)25-11-10-15-6-8-18(9-7-15)32(30,31)27-12-1-2-13-27/h3-9,14H,1-2,10-13H2,(H,25,28)(H,26,29). The predicted molar refractivity (Wildman–Crippen MR) is 111 cm³/mol. The van der Waals surface area contributed by atoms with Gasteiger partial charge in [-0.2, -0.15) is 17.5 Å². The lowest BCUT2D eigenvalue weighted by Gasteiger charge is -2.15. The quantitative estimate of drug-likeness (QED) is 0.636. The minimum absolute atomic E-state index is 0.0903. The molecule has 2 aromatic carbocycles.